The van der Waals surface area contributed by atoms with E-state index in [9.17, 15) is 0 Å². The van der Waals surface area contributed by atoms with Crippen molar-refractivity contribution < 1.29 is 0 Å². The monoisotopic (exact) mass is 828 g/mol. The molecule has 1 atom stereocenters. The van der Waals surface area contributed by atoms with Crippen molar-refractivity contribution in [3.05, 3.63) is 265 Å². The van der Waals surface area contributed by atoms with Crippen molar-refractivity contribution in [3.8, 4) is 33.4 Å². The summed E-state index contributed by atoms with van der Waals surface area (Å²) in [6, 6.07) is 91.5. The molecule has 0 amide bonds. The van der Waals surface area contributed by atoms with E-state index in [1.165, 1.54) is 105 Å². The molecule has 0 bridgehead atoms. The van der Waals surface area contributed by atoms with Crippen LogP contribution in [0.1, 0.15) is 22.3 Å². The van der Waals surface area contributed by atoms with E-state index < -0.39 is 13.5 Å². The molecule has 14 rings (SSSR count). The van der Waals surface area contributed by atoms with Gasteiger partial charge in [0.1, 0.15) is 0 Å². The van der Waals surface area contributed by atoms with E-state index in [-0.39, 0.29) is 0 Å². The molecular formula is C61H40N2Si. The average Bonchev–Trinajstić information content (AvgIpc) is 3.83. The van der Waals surface area contributed by atoms with Crippen LogP contribution in [0.4, 0.5) is 34.1 Å². The maximum Gasteiger partial charge on any atom is 0.182 e. The van der Waals surface area contributed by atoms with Crippen LogP contribution in [0.2, 0.25) is 0 Å². The Labute approximate surface area is 374 Å². The Morgan fingerprint density at radius 1 is 0.266 bits per heavy atom. The molecule has 0 aromatic heterocycles. The van der Waals surface area contributed by atoms with Gasteiger partial charge < -0.3 is 9.80 Å². The molecule has 0 saturated carbocycles. The Bertz CT molecular complexity index is 3430. The molecule has 2 nitrogen and oxygen atoms in total. The van der Waals surface area contributed by atoms with Gasteiger partial charge in [0.15, 0.2) is 8.07 Å². The molecule has 4 aliphatic heterocycles. The predicted molar refractivity (Wildman–Crippen MR) is 268 cm³/mol. The summed E-state index contributed by atoms with van der Waals surface area (Å²) in [4.78, 5) is 5.02. The third-order valence-corrected chi connectivity index (χ3v) is 19.6. The van der Waals surface area contributed by atoms with Crippen LogP contribution in [0.3, 0.4) is 0 Å². The standard InChI is InChI=1S/C61H40N2Si/c1-3-19-41(20-4-1)42-35-37-47-45-23-7-17-33-57(45)64(59(47)39-42)58-34-18-8-24-46(58)48-38-36-44(40-60(48)64)63-55-31-15-11-27-51(55)61(52-28-12-16-32-56(52)63)49-25-9-13-29-53(49)62(43-21-5-2-6-22-43)54-30-14-10-26-50(54)61/h1-40H. The lowest BCUT2D eigenvalue weighted by atomic mass is 9.60. The van der Waals surface area contributed by atoms with E-state index in [0.29, 0.717) is 0 Å². The zero-order chi connectivity index (χ0) is 42.0. The van der Waals surface area contributed by atoms with Crippen LogP contribution < -0.4 is 30.5 Å². The number of hydrogen-bond acceptors (Lipinski definition) is 2. The Morgan fingerprint density at radius 2 is 0.656 bits per heavy atom. The SMILES string of the molecule is c1ccc(-c2ccc3c(c2)[Si]2(c4ccccc4-3)c3ccccc3-c3ccc(N4c5ccccc5C5(c6ccccc6N(c6ccccc6)c6ccccc65)c5ccccc54)cc32)cc1. The van der Waals surface area contributed by atoms with Crippen molar-refractivity contribution >= 4 is 62.9 Å². The van der Waals surface area contributed by atoms with Crippen molar-refractivity contribution in [2.24, 2.45) is 0 Å². The summed E-state index contributed by atoms with van der Waals surface area (Å²) >= 11 is 0. The highest BCUT2D eigenvalue weighted by Crippen LogP contribution is 2.64. The van der Waals surface area contributed by atoms with E-state index >= 15 is 0 Å². The highest BCUT2D eigenvalue weighted by Gasteiger charge is 2.55. The lowest BCUT2D eigenvalue weighted by molar-refractivity contribution is 0.719. The molecule has 0 radical (unpaired) electrons. The summed E-state index contributed by atoms with van der Waals surface area (Å²) in [6.07, 6.45) is 0. The molecular weight excluding hydrogens is 789 g/mol. The van der Waals surface area contributed by atoms with E-state index in [2.05, 4.69) is 252 Å². The summed E-state index contributed by atoms with van der Waals surface area (Å²) in [5.41, 5.74) is 19.6. The third kappa shape index (κ3) is 4.48. The first-order valence-corrected chi connectivity index (χ1v) is 24.4. The van der Waals surface area contributed by atoms with Crippen molar-refractivity contribution in [2.75, 3.05) is 9.80 Å². The van der Waals surface area contributed by atoms with Gasteiger partial charge in [0.2, 0.25) is 0 Å². The molecule has 1 unspecified atom stereocenters. The lowest BCUT2D eigenvalue weighted by Crippen LogP contribution is -2.70. The second-order valence-corrected chi connectivity index (χ2v) is 21.2. The quantitative estimate of drug-likeness (QED) is 0.164. The zero-order valence-electron chi connectivity index (χ0n) is 35.0. The van der Waals surface area contributed by atoms with Gasteiger partial charge in [-0.2, -0.15) is 0 Å². The van der Waals surface area contributed by atoms with Crippen LogP contribution >= 0.6 is 0 Å². The number of rotatable bonds is 3. The summed E-state index contributed by atoms with van der Waals surface area (Å²) in [5, 5.41) is 5.91. The molecule has 4 heterocycles. The van der Waals surface area contributed by atoms with Crippen LogP contribution in [-0.4, -0.2) is 8.07 Å². The number of para-hydroxylation sites is 5. The van der Waals surface area contributed by atoms with Gasteiger partial charge in [-0.15, -0.1) is 0 Å². The number of benzene rings is 10. The van der Waals surface area contributed by atoms with Crippen LogP contribution in [0.15, 0.2) is 243 Å². The minimum atomic E-state index is -2.80. The van der Waals surface area contributed by atoms with Gasteiger partial charge in [-0.3, -0.25) is 0 Å². The second kappa shape index (κ2) is 13.3. The third-order valence-electron chi connectivity index (χ3n) is 14.6. The minimum Gasteiger partial charge on any atom is -0.310 e. The molecule has 0 aliphatic carbocycles. The number of hydrogen-bond donors (Lipinski definition) is 0. The molecule has 2 spiro atoms. The van der Waals surface area contributed by atoms with Crippen molar-refractivity contribution in [2.45, 2.75) is 5.41 Å². The van der Waals surface area contributed by atoms with E-state index in [1.54, 1.807) is 0 Å². The van der Waals surface area contributed by atoms with Gasteiger partial charge >= 0.3 is 0 Å². The predicted octanol–water partition coefficient (Wildman–Crippen LogP) is 12.6. The van der Waals surface area contributed by atoms with Gasteiger partial charge in [-0.25, -0.2) is 0 Å². The first kappa shape index (κ1) is 35.6. The summed E-state index contributed by atoms with van der Waals surface area (Å²) in [5.74, 6) is 0. The van der Waals surface area contributed by atoms with Crippen molar-refractivity contribution in [1.82, 2.24) is 0 Å². The summed E-state index contributed by atoms with van der Waals surface area (Å²) < 4.78 is 0. The first-order chi connectivity index (χ1) is 31.8. The number of nitrogens with zero attached hydrogens (tertiary/aromatic N) is 2. The van der Waals surface area contributed by atoms with E-state index in [0.717, 1.165) is 5.69 Å². The maximum absolute atomic E-state index is 2.80. The minimum absolute atomic E-state index is 0.581. The van der Waals surface area contributed by atoms with E-state index in [4.69, 9.17) is 0 Å². The fourth-order valence-electron chi connectivity index (χ4n) is 12.3. The van der Waals surface area contributed by atoms with Crippen LogP contribution in [0.25, 0.3) is 33.4 Å². The van der Waals surface area contributed by atoms with Crippen LogP contribution in [0.5, 0.6) is 0 Å². The van der Waals surface area contributed by atoms with Crippen molar-refractivity contribution in [3.63, 3.8) is 0 Å². The normalized spacial score (nSPS) is 16.2. The Hall–Kier alpha value is -7.98. The van der Waals surface area contributed by atoms with Gasteiger partial charge in [0.05, 0.1) is 28.2 Å². The van der Waals surface area contributed by atoms with Crippen LogP contribution in [0, 0.1) is 0 Å². The molecule has 298 valence electrons. The van der Waals surface area contributed by atoms with Gasteiger partial charge in [0, 0.05) is 11.4 Å². The molecule has 10 aromatic rings. The molecule has 64 heavy (non-hydrogen) atoms. The van der Waals surface area contributed by atoms with Gasteiger partial charge in [-0.1, -0.05) is 194 Å². The second-order valence-electron chi connectivity index (χ2n) is 17.5. The largest absolute Gasteiger partial charge is 0.310 e. The Balaban J connectivity index is 1.04. The molecule has 3 heteroatoms. The number of anilines is 6. The lowest BCUT2D eigenvalue weighted by Gasteiger charge is -2.51. The molecule has 0 N–H and O–H groups in total. The molecule has 0 fully saturated rings. The Morgan fingerprint density at radius 3 is 1.19 bits per heavy atom. The van der Waals surface area contributed by atoms with E-state index in [1.807, 2.05) is 0 Å². The van der Waals surface area contributed by atoms with Crippen molar-refractivity contribution in [1.29, 1.82) is 0 Å². The fourth-order valence-corrected chi connectivity index (χ4v) is 17.9. The summed E-state index contributed by atoms with van der Waals surface area (Å²) in [6.45, 7) is 0. The Kier molecular flexibility index (Phi) is 7.38. The summed E-state index contributed by atoms with van der Waals surface area (Å²) in [7, 11) is -2.80. The molecule has 4 aliphatic rings. The highest BCUT2D eigenvalue weighted by molar-refractivity contribution is 7.24. The highest BCUT2D eigenvalue weighted by atomic mass is 28.3. The van der Waals surface area contributed by atoms with Crippen LogP contribution in [-0.2, 0) is 5.41 Å². The van der Waals surface area contributed by atoms with Gasteiger partial charge in [0.25, 0.3) is 0 Å². The average molecular weight is 829 g/mol. The molecule has 10 aromatic carbocycles. The zero-order valence-corrected chi connectivity index (χ0v) is 36.0. The number of fused-ring (bicyclic) bond motifs is 18. The molecule has 0 saturated heterocycles. The fraction of sp³-hybridized carbons (Fsp3) is 0.0164. The first-order valence-electron chi connectivity index (χ1n) is 22.4. The topological polar surface area (TPSA) is 6.48 Å². The van der Waals surface area contributed by atoms with Gasteiger partial charge in [-0.05, 0) is 125 Å². The maximum atomic E-state index is 2.59. The smallest absolute Gasteiger partial charge is 0.182 e.